The zero-order valence-electron chi connectivity index (χ0n) is 11.5. The summed E-state index contributed by atoms with van der Waals surface area (Å²) in [5.74, 6) is 0. The van der Waals surface area contributed by atoms with E-state index in [1.54, 1.807) is 0 Å². The summed E-state index contributed by atoms with van der Waals surface area (Å²) in [7, 11) is 0. The quantitative estimate of drug-likeness (QED) is 0.834. The lowest BCUT2D eigenvalue weighted by Gasteiger charge is -2.29. The van der Waals surface area contributed by atoms with Crippen LogP contribution >= 0.6 is 0 Å². The number of pyridine rings is 1. The van der Waals surface area contributed by atoms with Crippen molar-refractivity contribution in [1.82, 2.24) is 9.88 Å². The van der Waals surface area contributed by atoms with Crippen LogP contribution < -0.4 is 0 Å². The molecule has 3 rings (SSSR count). The van der Waals surface area contributed by atoms with Crippen molar-refractivity contribution in [2.75, 3.05) is 6.54 Å². The third-order valence-electron chi connectivity index (χ3n) is 3.91. The Labute approximate surface area is 115 Å². The van der Waals surface area contributed by atoms with E-state index < -0.39 is 0 Å². The second kappa shape index (κ2) is 5.54. The minimum atomic E-state index is 1.03. The van der Waals surface area contributed by atoms with Gasteiger partial charge in [0.05, 0.1) is 0 Å². The molecular formula is C17H20N2. The molecule has 0 saturated carbocycles. The standard InChI is InChI=1S/C17H20N2/c1-2-17-16-13-19(11-9-15(16)8-10-18-17)12-14-6-4-3-5-7-14/h3-8,10H,2,9,11-13H2,1H3. The van der Waals surface area contributed by atoms with Crippen LogP contribution in [0.3, 0.4) is 0 Å². The molecule has 0 aliphatic carbocycles. The summed E-state index contributed by atoms with van der Waals surface area (Å²) in [5, 5.41) is 0. The molecule has 0 amide bonds. The van der Waals surface area contributed by atoms with Gasteiger partial charge in [-0.15, -0.1) is 0 Å². The summed E-state index contributed by atoms with van der Waals surface area (Å²) in [5.41, 5.74) is 5.63. The second-order valence-corrected chi connectivity index (χ2v) is 5.20. The predicted octanol–water partition coefficient (Wildman–Crippen LogP) is 3.20. The number of rotatable bonds is 3. The summed E-state index contributed by atoms with van der Waals surface area (Å²) in [6.45, 7) is 5.42. The molecule has 0 atom stereocenters. The first-order valence-electron chi connectivity index (χ1n) is 7.08. The molecule has 2 nitrogen and oxygen atoms in total. The Morgan fingerprint density at radius 1 is 1.16 bits per heavy atom. The minimum Gasteiger partial charge on any atom is -0.294 e. The molecule has 0 spiro atoms. The van der Waals surface area contributed by atoms with Gasteiger partial charge in [0.2, 0.25) is 0 Å². The summed E-state index contributed by atoms with van der Waals surface area (Å²) >= 11 is 0. The maximum absolute atomic E-state index is 4.53. The highest BCUT2D eigenvalue weighted by molar-refractivity contribution is 5.32. The molecule has 19 heavy (non-hydrogen) atoms. The average Bonchev–Trinajstić information content (AvgIpc) is 2.47. The number of hydrogen-bond acceptors (Lipinski definition) is 2. The zero-order valence-corrected chi connectivity index (χ0v) is 11.5. The highest BCUT2D eigenvalue weighted by atomic mass is 15.1. The number of aryl methyl sites for hydroxylation is 1. The van der Waals surface area contributed by atoms with Gasteiger partial charge in [0, 0.05) is 31.5 Å². The lowest BCUT2D eigenvalue weighted by Crippen LogP contribution is -2.31. The lowest BCUT2D eigenvalue weighted by molar-refractivity contribution is 0.244. The van der Waals surface area contributed by atoms with E-state index in [-0.39, 0.29) is 0 Å². The predicted molar refractivity (Wildman–Crippen MR) is 77.9 cm³/mol. The third-order valence-corrected chi connectivity index (χ3v) is 3.91. The lowest BCUT2D eigenvalue weighted by atomic mass is 9.97. The molecule has 1 aromatic carbocycles. The van der Waals surface area contributed by atoms with Gasteiger partial charge in [0.15, 0.2) is 0 Å². The van der Waals surface area contributed by atoms with Crippen LogP contribution in [0.1, 0.15) is 29.3 Å². The fourth-order valence-electron chi connectivity index (χ4n) is 2.87. The largest absolute Gasteiger partial charge is 0.294 e. The van der Waals surface area contributed by atoms with Crippen molar-refractivity contribution in [2.45, 2.75) is 32.9 Å². The van der Waals surface area contributed by atoms with Gasteiger partial charge >= 0.3 is 0 Å². The van der Waals surface area contributed by atoms with Crippen LogP contribution in [0.4, 0.5) is 0 Å². The molecule has 2 aromatic rings. The van der Waals surface area contributed by atoms with Gasteiger partial charge in [0.1, 0.15) is 0 Å². The van der Waals surface area contributed by atoms with E-state index in [1.165, 1.54) is 22.4 Å². The molecule has 0 fully saturated rings. The molecule has 0 radical (unpaired) electrons. The molecule has 1 aliphatic heterocycles. The van der Waals surface area contributed by atoms with Gasteiger partial charge in [-0.05, 0) is 35.6 Å². The monoisotopic (exact) mass is 252 g/mol. The molecule has 0 unspecified atom stereocenters. The van der Waals surface area contributed by atoms with Gasteiger partial charge in [0.25, 0.3) is 0 Å². The van der Waals surface area contributed by atoms with Crippen LogP contribution in [0, 0.1) is 0 Å². The Balaban J connectivity index is 1.78. The van der Waals surface area contributed by atoms with Crippen LogP contribution in [0.2, 0.25) is 0 Å². The van der Waals surface area contributed by atoms with E-state index in [1.807, 2.05) is 6.20 Å². The summed E-state index contributed by atoms with van der Waals surface area (Å²) in [6.07, 6.45) is 4.14. The molecule has 2 heteroatoms. The molecule has 0 N–H and O–H groups in total. The minimum absolute atomic E-state index is 1.03. The van der Waals surface area contributed by atoms with Gasteiger partial charge in [-0.3, -0.25) is 9.88 Å². The first-order valence-corrected chi connectivity index (χ1v) is 7.08. The van der Waals surface area contributed by atoms with Crippen molar-refractivity contribution < 1.29 is 0 Å². The average molecular weight is 252 g/mol. The van der Waals surface area contributed by atoms with E-state index in [2.05, 4.69) is 53.2 Å². The SMILES string of the molecule is CCc1nccc2c1CN(Cc1ccccc1)CC2. The van der Waals surface area contributed by atoms with Crippen molar-refractivity contribution >= 4 is 0 Å². The molecular weight excluding hydrogens is 232 g/mol. The summed E-state index contributed by atoms with van der Waals surface area (Å²) in [4.78, 5) is 7.05. The fraction of sp³-hybridized carbons (Fsp3) is 0.353. The van der Waals surface area contributed by atoms with E-state index in [9.17, 15) is 0 Å². The Morgan fingerprint density at radius 3 is 2.79 bits per heavy atom. The number of aromatic nitrogens is 1. The molecule has 0 saturated heterocycles. The zero-order chi connectivity index (χ0) is 13.1. The maximum atomic E-state index is 4.53. The number of benzene rings is 1. The van der Waals surface area contributed by atoms with Gasteiger partial charge in [-0.1, -0.05) is 37.3 Å². The van der Waals surface area contributed by atoms with Crippen LogP contribution in [-0.4, -0.2) is 16.4 Å². The van der Waals surface area contributed by atoms with Crippen LogP contribution in [-0.2, 0) is 25.9 Å². The highest BCUT2D eigenvalue weighted by Crippen LogP contribution is 2.22. The van der Waals surface area contributed by atoms with Crippen molar-refractivity contribution in [2.24, 2.45) is 0 Å². The Hall–Kier alpha value is -1.67. The van der Waals surface area contributed by atoms with Crippen molar-refractivity contribution in [3.05, 3.63) is 65.0 Å². The van der Waals surface area contributed by atoms with Crippen molar-refractivity contribution in [3.63, 3.8) is 0 Å². The smallest absolute Gasteiger partial charge is 0.0448 e. The number of hydrogen-bond donors (Lipinski definition) is 0. The van der Waals surface area contributed by atoms with Gasteiger partial charge < -0.3 is 0 Å². The highest BCUT2D eigenvalue weighted by Gasteiger charge is 2.18. The molecule has 0 bridgehead atoms. The van der Waals surface area contributed by atoms with E-state index in [0.717, 1.165) is 32.5 Å². The first kappa shape index (κ1) is 12.4. The first-order chi connectivity index (χ1) is 9.36. The van der Waals surface area contributed by atoms with Crippen molar-refractivity contribution in [3.8, 4) is 0 Å². The van der Waals surface area contributed by atoms with Crippen molar-refractivity contribution in [1.29, 1.82) is 0 Å². The van der Waals surface area contributed by atoms with Gasteiger partial charge in [-0.25, -0.2) is 0 Å². The topological polar surface area (TPSA) is 16.1 Å². The van der Waals surface area contributed by atoms with Crippen LogP contribution in [0.15, 0.2) is 42.6 Å². The normalized spacial score (nSPS) is 15.2. The van der Waals surface area contributed by atoms with Crippen LogP contribution in [0.25, 0.3) is 0 Å². The third kappa shape index (κ3) is 2.69. The fourth-order valence-corrected chi connectivity index (χ4v) is 2.87. The van der Waals surface area contributed by atoms with E-state index >= 15 is 0 Å². The number of nitrogens with zero attached hydrogens (tertiary/aromatic N) is 2. The second-order valence-electron chi connectivity index (χ2n) is 5.20. The maximum Gasteiger partial charge on any atom is 0.0448 e. The summed E-state index contributed by atoms with van der Waals surface area (Å²) in [6, 6.07) is 12.9. The molecule has 98 valence electrons. The molecule has 1 aromatic heterocycles. The molecule has 1 aliphatic rings. The Bertz CT molecular complexity index is 534. The Kier molecular flexibility index (Phi) is 3.60. The molecule has 2 heterocycles. The van der Waals surface area contributed by atoms with E-state index in [4.69, 9.17) is 0 Å². The van der Waals surface area contributed by atoms with Gasteiger partial charge in [-0.2, -0.15) is 0 Å². The Morgan fingerprint density at radius 2 is 2.00 bits per heavy atom. The summed E-state index contributed by atoms with van der Waals surface area (Å²) < 4.78 is 0. The van der Waals surface area contributed by atoms with Crippen LogP contribution in [0.5, 0.6) is 0 Å². The van der Waals surface area contributed by atoms with E-state index in [0.29, 0.717) is 0 Å². The number of fused-ring (bicyclic) bond motifs is 1.